The number of carbonyl (C=O) groups is 2. The van der Waals surface area contributed by atoms with Crippen molar-refractivity contribution in [3.8, 4) is 11.1 Å². The van der Waals surface area contributed by atoms with Crippen molar-refractivity contribution in [3.05, 3.63) is 54.4 Å². The summed E-state index contributed by atoms with van der Waals surface area (Å²) < 4.78 is 5.62. The summed E-state index contributed by atoms with van der Waals surface area (Å²) in [5, 5.41) is 2.86. The molecule has 2 aliphatic heterocycles. The monoisotopic (exact) mass is 407 g/mol. The maximum atomic E-state index is 13.1. The molecule has 1 aromatic heterocycles. The summed E-state index contributed by atoms with van der Waals surface area (Å²) in [6.07, 6.45) is 7.08. The Labute approximate surface area is 177 Å². The minimum Gasteiger partial charge on any atom is -0.368 e. The number of hydrogen-bond acceptors (Lipinski definition) is 4. The molecule has 2 amide bonds. The number of amides is 2. The topological polar surface area (TPSA) is 71.5 Å². The van der Waals surface area contributed by atoms with Gasteiger partial charge in [-0.1, -0.05) is 30.3 Å². The third kappa shape index (κ3) is 4.10. The Morgan fingerprint density at radius 3 is 2.83 bits per heavy atom. The molecule has 3 heterocycles. The van der Waals surface area contributed by atoms with Gasteiger partial charge in [0.25, 0.3) is 5.91 Å². The first-order chi connectivity index (χ1) is 14.6. The average molecular weight is 408 g/mol. The van der Waals surface area contributed by atoms with E-state index in [0.29, 0.717) is 26.1 Å². The highest BCUT2D eigenvalue weighted by atomic mass is 16.5. The zero-order valence-electron chi connectivity index (χ0n) is 17.5. The molecule has 6 nitrogen and oxygen atoms in total. The van der Waals surface area contributed by atoms with Gasteiger partial charge >= 0.3 is 0 Å². The number of likely N-dealkylation sites (tertiary alicyclic amines) is 1. The van der Waals surface area contributed by atoms with Crippen LogP contribution >= 0.6 is 0 Å². The fourth-order valence-electron chi connectivity index (χ4n) is 4.81. The molecular formula is C24H29N3O3. The SMILES string of the molecule is CNC(=O)[C@]1(Cc2ccccc2-c2cccnc2)CCCN(C(=O)[C@@H]2CCCO2)C1. The summed E-state index contributed by atoms with van der Waals surface area (Å²) in [6, 6.07) is 12.1. The number of nitrogens with zero attached hydrogens (tertiary/aromatic N) is 2. The second kappa shape index (κ2) is 8.96. The molecule has 0 aliphatic carbocycles. The molecular weight excluding hydrogens is 378 g/mol. The van der Waals surface area contributed by atoms with E-state index in [4.69, 9.17) is 4.74 Å². The normalized spacial score (nSPS) is 23.9. The predicted octanol–water partition coefficient (Wildman–Crippen LogP) is 2.82. The van der Waals surface area contributed by atoms with Crippen molar-refractivity contribution in [1.29, 1.82) is 0 Å². The quantitative estimate of drug-likeness (QED) is 0.827. The van der Waals surface area contributed by atoms with Gasteiger partial charge in [-0.25, -0.2) is 0 Å². The van der Waals surface area contributed by atoms with Crippen LogP contribution in [0.5, 0.6) is 0 Å². The van der Waals surface area contributed by atoms with Gasteiger partial charge in [-0.2, -0.15) is 0 Å². The number of hydrogen-bond donors (Lipinski definition) is 1. The third-order valence-electron chi connectivity index (χ3n) is 6.32. The summed E-state index contributed by atoms with van der Waals surface area (Å²) in [5.74, 6) is 0.0225. The van der Waals surface area contributed by atoms with E-state index in [9.17, 15) is 9.59 Å². The third-order valence-corrected chi connectivity index (χ3v) is 6.32. The van der Waals surface area contributed by atoms with Gasteiger partial charge in [-0.05, 0) is 49.3 Å². The molecule has 0 spiro atoms. The lowest BCUT2D eigenvalue weighted by atomic mass is 9.73. The van der Waals surface area contributed by atoms with E-state index in [2.05, 4.69) is 22.4 Å². The van der Waals surface area contributed by atoms with Gasteiger partial charge in [0.1, 0.15) is 6.10 Å². The number of pyridine rings is 1. The standard InChI is InChI=1S/C24H29N3O3/c1-25-23(29)24(11-6-13-27(17-24)22(28)21-10-5-14-30-21)15-18-7-2-3-9-20(18)19-8-4-12-26-16-19/h2-4,7-9,12,16,21H,5-6,10-11,13-15,17H2,1H3,(H,25,29)/t21-,24-/m0/s1. The van der Waals surface area contributed by atoms with Crippen LogP contribution in [-0.4, -0.2) is 54.5 Å². The second-order valence-electron chi connectivity index (χ2n) is 8.30. The molecule has 2 saturated heterocycles. The van der Waals surface area contributed by atoms with Crippen LogP contribution in [0.15, 0.2) is 48.8 Å². The number of piperidine rings is 1. The van der Waals surface area contributed by atoms with Crippen molar-refractivity contribution in [2.24, 2.45) is 5.41 Å². The summed E-state index contributed by atoms with van der Waals surface area (Å²) in [7, 11) is 1.68. The van der Waals surface area contributed by atoms with Crippen molar-refractivity contribution < 1.29 is 14.3 Å². The lowest BCUT2D eigenvalue weighted by Crippen LogP contribution is -2.55. The van der Waals surface area contributed by atoms with Gasteiger partial charge in [0, 0.05) is 44.7 Å². The summed E-state index contributed by atoms with van der Waals surface area (Å²) in [5.41, 5.74) is 2.56. The Morgan fingerprint density at radius 1 is 1.23 bits per heavy atom. The van der Waals surface area contributed by atoms with Crippen LogP contribution < -0.4 is 5.32 Å². The van der Waals surface area contributed by atoms with Crippen molar-refractivity contribution in [1.82, 2.24) is 15.2 Å². The Kier molecular flexibility index (Phi) is 6.13. The molecule has 4 rings (SSSR count). The maximum absolute atomic E-state index is 13.1. The molecule has 2 fully saturated rings. The van der Waals surface area contributed by atoms with Crippen LogP contribution in [0.3, 0.4) is 0 Å². The van der Waals surface area contributed by atoms with Crippen LogP contribution in [0.1, 0.15) is 31.2 Å². The van der Waals surface area contributed by atoms with Crippen molar-refractivity contribution in [2.75, 3.05) is 26.7 Å². The van der Waals surface area contributed by atoms with Crippen molar-refractivity contribution in [3.63, 3.8) is 0 Å². The van der Waals surface area contributed by atoms with E-state index < -0.39 is 5.41 Å². The van der Waals surface area contributed by atoms with E-state index in [1.165, 1.54) is 0 Å². The van der Waals surface area contributed by atoms with Gasteiger partial charge in [0.15, 0.2) is 0 Å². The minimum absolute atomic E-state index is 0.00618. The largest absolute Gasteiger partial charge is 0.368 e. The number of ether oxygens (including phenoxy) is 1. The molecule has 0 unspecified atom stereocenters. The smallest absolute Gasteiger partial charge is 0.251 e. The van der Waals surface area contributed by atoms with Crippen LogP contribution in [0, 0.1) is 5.41 Å². The average Bonchev–Trinajstić information content (AvgIpc) is 3.34. The number of aromatic nitrogens is 1. The van der Waals surface area contributed by atoms with E-state index in [1.54, 1.807) is 13.2 Å². The highest BCUT2D eigenvalue weighted by Gasteiger charge is 2.44. The van der Waals surface area contributed by atoms with Crippen molar-refractivity contribution in [2.45, 2.75) is 38.2 Å². The van der Waals surface area contributed by atoms with Crippen LogP contribution in [0.2, 0.25) is 0 Å². The lowest BCUT2D eigenvalue weighted by Gasteiger charge is -2.42. The highest BCUT2D eigenvalue weighted by Crippen LogP contribution is 2.37. The molecule has 0 radical (unpaired) electrons. The molecule has 0 saturated carbocycles. The molecule has 2 aliphatic rings. The first kappa shape index (κ1) is 20.5. The zero-order chi connectivity index (χ0) is 21.0. The molecule has 2 atom stereocenters. The van der Waals surface area contributed by atoms with Crippen LogP contribution in [0.4, 0.5) is 0 Å². The fraction of sp³-hybridized carbons (Fsp3) is 0.458. The summed E-state index contributed by atoms with van der Waals surface area (Å²) in [6.45, 7) is 1.75. The summed E-state index contributed by atoms with van der Waals surface area (Å²) in [4.78, 5) is 32.2. The van der Waals surface area contributed by atoms with Gasteiger partial charge in [0.2, 0.25) is 5.91 Å². The molecule has 1 N–H and O–H groups in total. The minimum atomic E-state index is -0.653. The zero-order valence-corrected chi connectivity index (χ0v) is 17.5. The van der Waals surface area contributed by atoms with Gasteiger partial charge in [-0.15, -0.1) is 0 Å². The first-order valence-electron chi connectivity index (χ1n) is 10.7. The molecule has 6 heteroatoms. The molecule has 30 heavy (non-hydrogen) atoms. The van der Waals surface area contributed by atoms with Gasteiger partial charge in [0.05, 0.1) is 5.41 Å². The number of nitrogens with one attached hydrogen (secondary N) is 1. The molecule has 2 aromatic rings. The second-order valence-corrected chi connectivity index (χ2v) is 8.30. The highest BCUT2D eigenvalue weighted by molar-refractivity contribution is 5.86. The molecule has 1 aromatic carbocycles. The van der Waals surface area contributed by atoms with E-state index in [0.717, 1.165) is 42.4 Å². The fourth-order valence-corrected chi connectivity index (χ4v) is 4.81. The molecule has 158 valence electrons. The van der Waals surface area contributed by atoms with Crippen molar-refractivity contribution >= 4 is 11.8 Å². The van der Waals surface area contributed by atoms with Crippen LogP contribution in [-0.2, 0) is 20.7 Å². The molecule has 0 bridgehead atoms. The Morgan fingerprint density at radius 2 is 2.10 bits per heavy atom. The van der Waals surface area contributed by atoms with E-state index in [1.807, 2.05) is 35.4 Å². The van der Waals surface area contributed by atoms with Gasteiger partial charge in [-0.3, -0.25) is 14.6 Å². The number of benzene rings is 1. The number of rotatable bonds is 5. The van der Waals surface area contributed by atoms with Crippen LogP contribution in [0.25, 0.3) is 11.1 Å². The lowest BCUT2D eigenvalue weighted by molar-refractivity contribution is -0.148. The van der Waals surface area contributed by atoms with E-state index in [-0.39, 0.29) is 17.9 Å². The first-order valence-corrected chi connectivity index (χ1v) is 10.7. The maximum Gasteiger partial charge on any atom is 0.251 e. The summed E-state index contributed by atoms with van der Waals surface area (Å²) >= 11 is 0. The van der Waals surface area contributed by atoms with Gasteiger partial charge < -0.3 is 15.0 Å². The Bertz CT molecular complexity index is 896. The number of carbonyl (C=O) groups excluding carboxylic acids is 2. The predicted molar refractivity (Wildman–Crippen MR) is 115 cm³/mol. The Hall–Kier alpha value is -2.73. The van der Waals surface area contributed by atoms with E-state index >= 15 is 0 Å². The Balaban J connectivity index is 1.64.